The van der Waals surface area contributed by atoms with Crippen molar-refractivity contribution in [1.82, 2.24) is 4.90 Å². The number of amides is 1. The first-order valence-corrected chi connectivity index (χ1v) is 6.27. The van der Waals surface area contributed by atoms with Gasteiger partial charge in [-0.1, -0.05) is 41.9 Å². The number of hydrogen-bond acceptors (Lipinski definition) is 2. The van der Waals surface area contributed by atoms with E-state index < -0.39 is 5.37 Å². The number of halogens is 2. The first kappa shape index (κ1) is 14.3. The van der Waals surface area contributed by atoms with Crippen molar-refractivity contribution >= 4 is 28.6 Å². The maximum absolute atomic E-state index is 11.2. The van der Waals surface area contributed by atoms with Gasteiger partial charge in [-0.25, -0.2) is 0 Å². The van der Waals surface area contributed by atoms with Gasteiger partial charge >= 0.3 is 5.37 Å². The molecule has 0 spiro atoms. The second-order valence-corrected chi connectivity index (χ2v) is 4.07. The van der Waals surface area contributed by atoms with Crippen molar-refractivity contribution in [3.05, 3.63) is 35.9 Å². The highest BCUT2D eigenvalue weighted by molar-refractivity contribution is 6.62. The summed E-state index contributed by atoms with van der Waals surface area (Å²) in [7, 11) is 0. The van der Waals surface area contributed by atoms with Crippen molar-refractivity contribution in [2.75, 3.05) is 19.2 Å². The van der Waals surface area contributed by atoms with E-state index in [9.17, 15) is 4.79 Å². The Balaban J connectivity index is 2.41. The molecule has 3 nitrogen and oxygen atoms in total. The monoisotopic (exact) mass is 275 g/mol. The number of carbonyl (C=O) groups is 1. The van der Waals surface area contributed by atoms with Gasteiger partial charge in [0.15, 0.2) is 0 Å². The first-order chi connectivity index (χ1) is 8.24. The Hall–Kier alpha value is -0.770. The van der Waals surface area contributed by atoms with Crippen LogP contribution in [0.25, 0.3) is 0 Å². The zero-order valence-corrected chi connectivity index (χ0v) is 11.0. The van der Waals surface area contributed by atoms with Gasteiger partial charge in [0.2, 0.25) is 0 Å². The molecule has 0 heterocycles. The van der Waals surface area contributed by atoms with Gasteiger partial charge in [-0.3, -0.25) is 4.79 Å². The van der Waals surface area contributed by atoms with Crippen LogP contribution in [0, 0.1) is 0 Å². The standard InChI is InChI=1S/C12H15Cl2NO2/c13-10-17-8-4-7-15(12(14)16)9-11-5-2-1-3-6-11/h1-3,5-6H,4,7-10H2. The van der Waals surface area contributed by atoms with Crippen molar-refractivity contribution in [3.8, 4) is 0 Å². The molecular formula is C12H15Cl2NO2. The minimum absolute atomic E-state index is 0.174. The summed E-state index contributed by atoms with van der Waals surface area (Å²) < 4.78 is 5.00. The van der Waals surface area contributed by atoms with Crippen LogP contribution < -0.4 is 0 Å². The van der Waals surface area contributed by atoms with Gasteiger partial charge in [-0.15, -0.1) is 0 Å². The van der Waals surface area contributed by atoms with Crippen LogP contribution in [0.4, 0.5) is 4.79 Å². The van der Waals surface area contributed by atoms with E-state index in [0.29, 0.717) is 19.7 Å². The number of benzene rings is 1. The molecular weight excluding hydrogens is 261 g/mol. The smallest absolute Gasteiger partial charge is 0.316 e. The van der Waals surface area contributed by atoms with Crippen molar-refractivity contribution in [3.63, 3.8) is 0 Å². The lowest BCUT2D eigenvalue weighted by atomic mass is 10.2. The van der Waals surface area contributed by atoms with Crippen LogP contribution >= 0.6 is 23.2 Å². The van der Waals surface area contributed by atoms with Crippen LogP contribution in [0.2, 0.25) is 0 Å². The normalized spacial score (nSPS) is 10.2. The summed E-state index contributed by atoms with van der Waals surface area (Å²) in [4.78, 5) is 12.8. The van der Waals surface area contributed by atoms with Gasteiger partial charge < -0.3 is 9.64 Å². The molecule has 0 aliphatic heterocycles. The lowest BCUT2D eigenvalue weighted by Gasteiger charge is -2.19. The van der Waals surface area contributed by atoms with Gasteiger partial charge in [-0.05, 0) is 23.6 Å². The molecule has 0 saturated carbocycles. The first-order valence-electron chi connectivity index (χ1n) is 5.36. The molecule has 0 bridgehead atoms. The molecule has 0 aliphatic rings. The molecule has 0 unspecified atom stereocenters. The molecule has 0 radical (unpaired) electrons. The second kappa shape index (κ2) is 8.34. The Morgan fingerprint density at radius 2 is 2.00 bits per heavy atom. The van der Waals surface area contributed by atoms with Crippen LogP contribution in [0.3, 0.4) is 0 Å². The predicted octanol–water partition coefficient (Wildman–Crippen LogP) is 3.45. The predicted molar refractivity (Wildman–Crippen MR) is 69.4 cm³/mol. The minimum Gasteiger partial charge on any atom is -0.366 e. The molecule has 0 fully saturated rings. The SMILES string of the molecule is O=C(Cl)N(CCCOCCl)Cc1ccccc1. The Labute approximate surface area is 111 Å². The molecule has 1 aromatic rings. The molecule has 0 aromatic heterocycles. The molecule has 0 saturated heterocycles. The van der Waals surface area contributed by atoms with Crippen LogP contribution in [0.1, 0.15) is 12.0 Å². The second-order valence-electron chi connectivity index (χ2n) is 3.53. The Bertz CT molecular complexity index is 333. The number of rotatable bonds is 7. The molecule has 0 N–H and O–H groups in total. The summed E-state index contributed by atoms with van der Waals surface area (Å²) in [5.41, 5.74) is 1.06. The third-order valence-corrected chi connectivity index (χ3v) is 2.65. The van der Waals surface area contributed by atoms with Crippen molar-refractivity contribution < 1.29 is 9.53 Å². The molecule has 1 aromatic carbocycles. The zero-order valence-electron chi connectivity index (χ0n) is 9.44. The van der Waals surface area contributed by atoms with Gasteiger partial charge in [0, 0.05) is 19.7 Å². The molecule has 0 atom stereocenters. The summed E-state index contributed by atoms with van der Waals surface area (Å²) >= 11 is 10.9. The third kappa shape index (κ3) is 5.91. The Morgan fingerprint density at radius 1 is 1.29 bits per heavy atom. The van der Waals surface area contributed by atoms with Gasteiger partial charge in [0.1, 0.15) is 6.07 Å². The van der Waals surface area contributed by atoms with Gasteiger partial charge in [0.25, 0.3) is 0 Å². The summed E-state index contributed by atoms with van der Waals surface area (Å²) in [6, 6.07) is 9.90. The lowest BCUT2D eigenvalue weighted by molar-refractivity contribution is 0.161. The van der Waals surface area contributed by atoms with Gasteiger partial charge in [0.05, 0.1) is 0 Å². The van der Waals surface area contributed by atoms with E-state index in [2.05, 4.69) is 0 Å². The Kier molecular flexibility index (Phi) is 7.01. The van der Waals surface area contributed by atoms with E-state index in [1.807, 2.05) is 30.3 Å². The fourth-order valence-corrected chi connectivity index (χ4v) is 1.70. The van der Waals surface area contributed by atoms with E-state index in [1.54, 1.807) is 4.90 Å². The fourth-order valence-electron chi connectivity index (χ4n) is 1.44. The minimum atomic E-state index is -0.445. The number of alkyl halides is 1. The average Bonchev–Trinajstić information content (AvgIpc) is 2.34. The number of hydrogen-bond donors (Lipinski definition) is 0. The van der Waals surface area contributed by atoms with Crippen molar-refractivity contribution in [2.24, 2.45) is 0 Å². The summed E-state index contributed by atoms with van der Waals surface area (Å²) in [5, 5.41) is -0.445. The molecule has 5 heteroatoms. The number of ether oxygens (including phenoxy) is 1. The van der Waals surface area contributed by atoms with Crippen LogP contribution in [-0.4, -0.2) is 29.5 Å². The van der Waals surface area contributed by atoms with E-state index in [-0.39, 0.29) is 6.07 Å². The molecule has 17 heavy (non-hydrogen) atoms. The highest BCUT2D eigenvalue weighted by atomic mass is 35.5. The quantitative estimate of drug-likeness (QED) is 0.330. The van der Waals surface area contributed by atoms with Gasteiger partial charge in [-0.2, -0.15) is 0 Å². The van der Waals surface area contributed by atoms with Crippen LogP contribution in [0.5, 0.6) is 0 Å². The maximum atomic E-state index is 11.2. The summed E-state index contributed by atoms with van der Waals surface area (Å²) in [6.45, 7) is 1.61. The topological polar surface area (TPSA) is 29.5 Å². The van der Waals surface area contributed by atoms with Crippen molar-refractivity contribution in [1.29, 1.82) is 0 Å². The lowest BCUT2D eigenvalue weighted by Crippen LogP contribution is -2.27. The molecule has 94 valence electrons. The van der Waals surface area contributed by atoms with E-state index in [0.717, 1.165) is 12.0 Å². The molecule has 1 amide bonds. The van der Waals surface area contributed by atoms with Crippen molar-refractivity contribution in [2.45, 2.75) is 13.0 Å². The largest absolute Gasteiger partial charge is 0.366 e. The van der Waals surface area contributed by atoms with Crippen LogP contribution in [-0.2, 0) is 11.3 Å². The third-order valence-electron chi connectivity index (χ3n) is 2.26. The molecule has 0 aliphatic carbocycles. The zero-order chi connectivity index (χ0) is 12.5. The highest BCUT2D eigenvalue weighted by Crippen LogP contribution is 2.08. The number of nitrogens with zero attached hydrogens (tertiary/aromatic N) is 1. The number of carbonyl (C=O) groups excluding carboxylic acids is 1. The van der Waals surface area contributed by atoms with E-state index >= 15 is 0 Å². The van der Waals surface area contributed by atoms with E-state index in [4.69, 9.17) is 27.9 Å². The average molecular weight is 276 g/mol. The summed E-state index contributed by atoms with van der Waals surface area (Å²) in [6.07, 6.45) is 0.720. The molecule has 1 rings (SSSR count). The van der Waals surface area contributed by atoms with E-state index in [1.165, 1.54) is 0 Å². The van der Waals surface area contributed by atoms with Crippen LogP contribution in [0.15, 0.2) is 30.3 Å². The fraction of sp³-hybridized carbons (Fsp3) is 0.417. The maximum Gasteiger partial charge on any atom is 0.316 e. The summed E-state index contributed by atoms with van der Waals surface area (Å²) in [5.74, 6) is 0. The Morgan fingerprint density at radius 3 is 2.59 bits per heavy atom. The highest BCUT2D eigenvalue weighted by Gasteiger charge is 2.10.